The maximum Gasteiger partial charge on any atom is 0.274 e. The van der Waals surface area contributed by atoms with Crippen LogP contribution < -0.4 is 0 Å². The van der Waals surface area contributed by atoms with Crippen molar-refractivity contribution in [1.82, 2.24) is 0 Å². The quantitative estimate of drug-likeness (QED) is 0.564. The number of nitrogens with zero attached hydrogens (tertiary/aromatic N) is 1. The van der Waals surface area contributed by atoms with Gasteiger partial charge in [0.1, 0.15) is 0 Å². The summed E-state index contributed by atoms with van der Waals surface area (Å²) in [5.41, 5.74) is 0.313. The number of hydrogen-bond acceptors (Lipinski definition) is 3. The summed E-state index contributed by atoms with van der Waals surface area (Å²) in [6.07, 6.45) is 0. The molecule has 1 aromatic rings. The van der Waals surface area contributed by atoms with Gasteiger partial charge in [-0.1, -0.05) is 26.0 Å². The fourth-order valence-electron chi connectivity index (χ4n) is 0.823. The van der Waals surface area contributed by atoms with Crippen molar-refractivity contribution in [3.05, 3.63) is 39.9 Å². The minimum atomic E-state index is -0.508. The second kappa shape index (κ2) is 6.14. The van der Waals surface area contributed by atoms with Crippen LogP contribution in [0.5, 0.6) is 0 Å². The molecule has 0 amide bonds. The highest BCUT2D eigenvalue weighted by molar-refractivity contribution is 5.38. The first-order valence-corrected chi connectivity index (χ1v) is 4.09. The van der Waals surface area contributed by atoms with Crippen molar-refractivity contribution in [2.24, 2.45) is 0 Å². The highest BCUT2D eigenvalue weighted by Crippen LogP contribution is 2.16. The summed E-state index contributed by atoms with van der Waals surface area (Å²) >= 11 is 0. The van der Waals surface area contributed by atoms with Crippen molar-refractivity contribution in [2.75, 3.05) is 0 Å². The summed E-state index contributed by atoms with van der Waals surface area (Å²) in [4.78, 5) is 9.77. The molecule has 0 unspecified atom stereocenters. The SMILES string of the molecule is CC.O=[N+]([O-])c1ccccc1CO. The van der Waals surface area contributed by atoms with Crippen molar-refractivity contribution in [2.45, 2.75) is 20.5 Å². The molecule has 13 heavy (non-hydrogen) atoms. The van der Waals surface area contributed by atoms with Crippen LogP contribution in [0.4, 0.5) is 5.69 Å². The molecule has 4 heteroatoms. The maximum atomic E-state index is 10.3. The van der Waals surface area contributed by atoms with Gasteiger partial charge in [0.15, 0.2) is 0 Å². The first-order valence-electron chi connectivity index (χ1n) is 4.09. The Bertz CT molecular complexity index is 273. The standard InChI is InChI=1S/C7H7NO3.C2H6/c9-5-6-3-1-2-4-7(6)8(10)11;1-2/h1-4,9H,5H2;1-2H3. The van der Waals surface area contributed by atoms with Crippen LogP contribution in [0.2, 0.25) is 0 Å². The Labute approximate surface area is 77.0 Å². The number of nitro benzene ring substituents is 1. The Morgan fingerprint density at radius 2 is 1.92 bits per heavy atom. The summed E-state index contributed by atoms with van der Waals surface area (Å²) in [5, 5.41) is 18.9. The molecule has 0 bridgehead atoms. The Morgan fingerprint density at radius 3 is 2.31 bits per heavy atom. The fourth-order valence-corrected chi connectivity index (χ4v) is 0.823. The van der Waals surface area contributed by atoms with E-state index in [4.69, 9.17) is 5.11 Å². The van der Waals surface area contributed by atoms with Gasteiger partial charge < -0.3 is 5.11 Å². The topological polar surface area (TPSA) is 63.4 Å². The van der Waals surface area contributed by atoms with Gasteiger partial charge in [0, 0.05) is 6.07 Å². The molecule has 0 fully saturated rings. The number of nitro groups is 1. The van der Waals surface area contributed by atoms with Crippen molar-refractivity contribution in [1.29, 1.82) is 0 Å². The number of aliphatic hydroxyl groups is 1. The van der Waals surface area contributed by atoms with E-state index < -0.39 is 4.92 Å². The van der Waals surface area contributed by atoms with Crippen LogP contribution in [0.15, 0.2) is 24.3 Å². The molecule has 4 nitrogen and oxygen atoms in total. The van der Waals surface area contributed by atoms with E-state index in [1.165, 1.54) is 12.1 Å². The van der Waals surface area contributed by atoms with E-state index in [1.807, 2.05) is 13.8 Å². The minimum absolute atomic E-state index is 0.0324. The second-order valence-electron chi connectivity index (χ2n) is 2.04. The zero-order valence-corrected chi connectivity index (χ0v) is 7.73. The molecule has 0 radical (unpaired) electrons. The van der Waals surface area contributed by atoms with Crippen molar-refractivity contribution < 1.29 is 10.0 Å². The second-order valence-corrected chi connectivity index (χ2v) is 2.04. The van der Waals surface area contributed by atoms with Crippen LogP contribution >= 0.6 is 0 Å². The molecule has 0 aliphatic rings. The van der Waals surface area contributed by atoms with Crippen LogP contribution in [0, 0.1) is 10.1 Å². The van der Waals surface area contributed by atoms with Crippen molar-refractivity contribution in [3.8, 4) is 0 Å². The van der Waals surface area contributed by atoms with Gasteiger partial charge in [0.2, 0.25) is 0 Å². The Kier molecular flexibility index (Phi) is 5.47. The molecule has 0 saturated heterocycles. The third kappa shape index (κ3) is 3.21. The summed E-state index contributed by atoms with van der Waals surface area (Å²) in [6, 6.07) is 6.11. The largest absolute Gasteiger partial charge is 0.391 e. The van der Waals surface area contributed by atoms with Crippen LogP contribution in [-0.2, 0) is 6.61 Å². The molecule has 0 aromatic heterocycles. The lowest BCUT2D eigenvalue weighted by molar-refractivity contribution is -0.385. The van der Waals surface area contributed by atoms with Gasteiger partial charge in [-0.15, -0.1) is 0 Å². The third-order valence-electron chi connectivity index (χ3n) is 1.36. The molecular weight excluding hydrogens is 170 g/mol. The molecule has 0 heterocycles. The monoisotopic (exact) mass is 183 g/mol. The number of para-hydroxylation sites is 1. The number of benzene rings is 1. The fraction of sp³-hybridized carbons (Fsp3) is 0.333. The summed E-state index contributed by atoms with van der Waals surface area (Å²) in [5.74, 6) is 0. The summed E-state index contributed by atoms with van der Waals surface area (Å²) in [6.45, 7) is 3.71. The number of hydrogen-bond donors (Lipinski definition) is 1. The zero-order valence-electron chi connectivity index (χ0n) is 7.73. The van der Waals surface area contributed by atoms with E-state index in [-0.39, 0.29) is 12.3 Å². The first kappa shape index (κ1) is 11.6. The van der Waals surface area contributed by atoms with Gasteiger partial charge in [-0.2, -0.15) is 0 Å². The average molecular weight is 183 g/mol. The lowest BCUT2D eigenvalue weighted by atomic mass is 10.2. The Hall–Kier alpha value is -1.42. The predicted molar refractivity (Wildman–Crippen MR) is 50.4 cm³/mol. The van der Waals surface area contributed by atoms with E-state index in [2.05, 4.69) is 0 Å². The molecule has 0 aliphatic carbocycles. The van der Waals surface area contributed by atoms with Crippen LogP contribution in [0.25, 0.3) is 0 Å². The van der Waals surface area contributed by atoms with E-state index in [0.717, 1.165) is 0 Å². The van der Waals surface area contributed by atoms with E-state index in [0.29, 0.717) is 5.56 Å². The van der Waals surface area contributed by atoms with Crippen LogP contribution in [0.1, 0.15) is 19.4 Å². The van der Waals surface area contributed by atoms with Gasteiger partial charge in [0.05, 0.1) is 17.1 Å². The van der Waals surface area contributed by atoms with E-state index in [9.17, 15) is 10.1 Å². The highest BCUT2D eigenvalue weighted by Gasteiger charge is 2.09. The molecule has 0 saturated carbocycles. The maximum absolute atomic E-state index is 10.3. The highest BCUT2D eigenvalue weighted by atomic mass is 16.6. The van der Waals surface area contributed by atoms with Gasteiger partial charge in [-0.3, -0.25) is 10.1 Å². The Morgan fingerprint density at radius 1 is 1.38 bits per heavy atom. The zero-order chi connectivity index (χ0) is 10.3. The smallest absolute Gasteiger partial charge is 0.274 e. The molecule has 72 valence electrons. The van der Waals surface area contributed by atoms with Gasteiger partial charge >= 0.3 is 0 Å². The lowest BCUT2D eigenvalue weighted by Crippen LogP contribution is -1.93. The first-order chi connectivity index (χ1) is 6.25. The van der Waals surface area contributed by atoms with Crippen molar-refractivity contribution in [3.63, 3.8) is 0 Å². The minimum Gasteiger partial charge on any atom is -0.391 e. The van der Waals surface area contributed by atoms with Crippen LogP contribution in [0.3, 0.4) is 0 Å². The predicted octanol–water partition coefficient (Wildman–Crippen LogP) is 2.11. The number of aliphatic hydroxyl groups excluding tert-OH is 1. The molecule has 1 aromatic carbocycles. The van der Waals surface area contributed by atoms with E-state index >= 15 is 0 Å². The normalized spacial score (nSPS) is 8.54. The van der Waals surface area contributed by atoms with Gasteiger partial charge in [-0.05, 0) is 6.07 Å². The number of rotatable bonds is 2. The molecular formula is C9H13NO3. The lowest BCUT2D eigenvalue weighted by Gasteiger charge is -1.96. The summed E-state index contributed by atoms with van der Waals surface area (Å²) < 4.78 is 0. The molecule has 0 atom stereocenters. The Balaban J connectivity index is 0.000000671. The summed E-state index contributed by atoms with van der Waals surface area (Å²) in [7, 11) is 0. The molecule has 1 rings (SSSR count). The van der Waals surface area contributed by atoms with Crippen LogP contribution in [-0.4, -0.2) is 10.0 Å². The molecule has 0 spiro atoms. The van der Waals surface area contributed by atoms with E-state index in [1.54, 1.807) is 12.1 Å². The molecule has 0 aliphatic heterocycles. The van der Waals surface area contributed by atoms with Crippen molar-refractivity contribution >= 4 is 5.69 Å². The molecule has 1 N–H and O–H groups in total. The van der Waals surface area contributed by atoms with Gasteiger partial charge in [-0.25, -0.2) is 0 Å². The third-order valence-corrected chi connectivity index (χ3v) is 1.36. The van der Waals surface area contributed by atoms with Gasteiger partial charge in [0.25, 0.3) is 5.69 Å². The average Bonchev–Trinajstić information content (AvgIpc) is 2.20.